The Morgan fingerprint density at radius 3 is 2.59 bits per heavy atom. The van der Waals surface area contributed by atoms with Gasteiger partial charge in [-0.2, -0.15) is 5.26 Å². The largest absolute Gasteiger partial charge is 0.398 e. The lowest BCUT2D eigenvalue weighted by molar-refractivity contribution is -0.00521. The van der Waals surface area contributed by atoms with Crippen molar-refractivity contribution < 1.29 is 4.74 Å². The number of hydrogen-bond donors (Lipinski definition) is 1. The molecule has 4 nitrogen and oxygen atoms in total. The minimum Gasteiger partial charge on any atom is -0.398 e. The van der Waals surface area contributed by atoms with Gasteiger partial charge in [0.25, 0.3) is 0 Å². The number of anilines is 2. The fraction of sp³-hybridized carbons (Fsp3) is 0.462. The molecule has 0 saturated carbocycles. The van der Waals surface area contributed by atoms with Gasteiger partial charge in [-0.1, -0.05) is 0 Å². The summed E-state index contributed by atoms with van der Waals surface area (Å²) in [6, 6.07) is 7.71. The molecule has 0 bridgehead atoms. The molecule has 2 atom stereocenters. The standard InChI is InChI=1S/C13H17N3O/c1-9-7-16(8-10(2)17-9)12-3-4-13(15)11(5-12)6-14/h3-5,9-10H,7-8,15H2,1-2H3/t9-,10+. The first-order valence-corrected chi connectivity index (χ1v) is 5.80. The Labute approximate surface area is 102 Å². The Kier molecular flexibility index (Phi) is 3.21. The van der Waals surface area contributed by atoms with Crippen LogP contribution in [0.5, 0.6) is 0 Å². The summed E-state index contributed by atoms with van der Waals surface area (Å²) >= 11 is 0. The zero-order valence-corrected chi connectivity index (χ0v) is 10.2. The van der Waals surface area contributed by atoms with Crippen LogP contribution in [0.3, 0.4) is 0 Å². The molecule has 1 saturated heterocycles. The molecular weight excluding hydrogens is 214 g/mol. The van der Waals surface area contributed by atoms with E-state index in [0.717, 1.165) is 18.8 Å². The Hall–Kier alpha value is -1.73. The van der Waals surface area contributed by atoms with Gasteiger partial charge < -0.3 is 15.4 Å². The van der Waals surface area contributed by atoms with Gasteiger partial charge in [0.1, 0.15) is 6.07 Å². The van der Waals surface area contributed by atoms with E-state index in [1.54, 1.807) is 6.07 Å². The van der Waals surface area contributed by atoms with Gasteiger partial charge in [0.15, 0.2) is 0 Å². The van der Waals surface area contributed by atoms with Crippen molar-refractivity contribution in [3.8, 4) is 6.07 Å². The van der Waals surface area contributed by atoms with Crippen molar-refractivity contribution in [3.63, 3.8) is 0 Å². The van der Waals surface area contributed by atoms with Gasteiger partial charge in [0.05, 0.1) is 17.8 Å². The van der Waals surface area contributed by atoms with E-state index in [4.69, 9.17) is 15.7 Å². The maximum atomic E-state index is 8.97. The molecule has 0 amide bonds. The number of nitrogens with zero attached hydrogens (tertiary/aromatic N) is 2. The first kappa shape index (κ1) is 11.7. The molecule has 17 heavy (non-hydrogen) atoms. The van der Waals surface area contributed by atoms with Crippen LogP contribution in [0.4, 0.5) is 11.4 Å². The Morgan fingerprint density at radius 2 is 2.00 bits per heavy atom. The summed E-state index contributed by atoms with van der Waals surface area (Å²) in [4.78, 5) is 2.24. The van der Waals surface area contributed by atoms with E-state index < -0.39 is 0 Å². The number of nitrogens with two attached hydrogens (primary N) is 1. The summed E-state index contributed by atoms with van der Waals surface area (Å²) < 4.78 is 5.69. The first-order chi connectivity index (χ1) is 8.10. The summed E-state index contributed by atoms with van der Waals surface area (Å²) in [7, 11) is 0. The highest BCUT2D eigenvalue weighted by molar-refractivity contribution is 5.63. The average Bonchev–Trinajstić information content (AvgIpc) is 2.28. The van der Waals surface area contributed by atoms with Crippen LogP contribution in [0.1, 0.15) is 19.4 Å². The summed E-state index contributed by atoms with van der Waals surface area (Å²) in [6.07, 6.45) is 0.420. The molecule has 0 aliphatic carbocycles. The molecule has 1 aliphatic rings. The van der Waals surface area contributed by atoms with Crippen molar-refractivity contribution in [2.75, 3.05) is 23.7 Å². The van der Waals surface area contributed by atoms with Gasteiger partial charge in [-0.15, -0.1) is 0 Å². The molecule has 2 rings (SSSR count). The smallest absolute Gasteiger partial charge is 0.101 e. The highest BCUT2D eigenvalue weighted by atomic mass is 16.5. The molecule has 0 aromatic heterocycles. The van der Waals surface area contributed by atoms with Crippen LogP contribution in [0.25, 0.3) is 0 Å². The number of rotatable bonds is 1. The van der Waals surface area contributed by atoms with Gasteiger partial charge >= 0.3 is 0 Å². The van der Waals surface area contributed by atoms with Crippen LogP contribution in [-0.2, 0) is 4.74 Å². The van der Waals surface area contributed by atoms with E-state index in [0.29, 0.717) is 11.3 Å². The molecule has 0 radical (unpaired) electrons. The molecule has 1 aromatic carbocycles. The van der Waals surface area contributed by atoms with E-state index in [9.17, 15) is 0 Å². The Balaban J connectivity index is 2.25. The zero-order chi connectivity index (χ0) is 12.4. The second-order valence-electron chi connectivity index (χ2n) is 4.55. The predicted octanol–water partition coefficient (Wildman–Crippen LogP) is 1.75. The maximum absolute atomic E-state index is 8.97. The molecule has 1 aliphatic heterocycles. The highest BCUT2D eigenvalue weighted by Gasteiger charge is 2.22. The third-order valence-electron chi connectivity index (χ3n) is 2.94. The summed E-state index contributed by atoms with van der Waals surface area (Å²) in [5.74, 6) is 0. The van der Waals surface area contributed by atoms with Gasteiger partial charge in [-0.05, 0) is 32.0 Å². The average molecular weight is 231 g/mol. The van der Waals surface area contributed by atoms with Crippen LogP contribution < -0.4 is 10.6 Å². The molecule has 90 valence electrons. The van der Waals surface area contributed by atoms with E-state index in [2.05, 4.69) is 24.8 Å². The fourth-order valence-corrected chi connectivity index (χ4v) is 2.23. The van der Waals surface area contributed by atoms with Crippen LogP contribution >= 0.6 is 0 Å². The predicted molar refractivity (Wildman–Crippen MR) is 67.8 cm³/mol. The first-order valence-electron chi connectivity index (χ1n) is 5.80. The van der Waals surface area contributed by atoms with Crippen molar-refractivity contribution in [2.24, 2.45) is 0 Å². The summed E-state index contributed by atoms with van der Waals surface area (Å²) in [6.45, 7) is 5.81. The van der Waals surface area contributed by atoms with Gasteiger partial charge in [-0.3, -0.25) is 0 Å². The molecule has 0 unspecified atom stereocenters. The van der Waals surface area contributed by atoms with Gasteiger partial charge in [-0.25, -0.2) is 0 Å². The third-order valence-corrected chi connectivity index (χ3v) is 2.94. The minimum atomic E-state index is 0.210. The lowest BCUT2D eigenvalue weighted by Gasteiger charge is -2.37. The SMILES string of the molecule is C[C@@H]1CN(c2ccc(N)c(C#N)c2)C[C@H](C)O1. The van der Waals surface area contributed by atoms with E-state index >= 15 is 0 Å². The summed E-state index contributed by atoms with van der Waals surface area (Å²) in [5, 5.41) is 8.97. The number of hydrogen-bond acceptors (Lipinski definition) is 4. The second-order valence-corrected chi connectivity index (χ2v) is 4.55. The zero-order valence-electron chi connectivity index (χ0n) is 10.2. The minimum absolute atomic E-state index is 0.210. The molecule has 1 fully saturated rings. The lowest BCUT2D eigenvalue weighted by atomic mass is 10.1. The molecule has 2 N–H and O–H groups in total. The van der Waals surface area contributed by atoms with Crippen LogP contribution in [0.15, 0.2) is 18.2 Å². The van der Waals surface area contributed by atoms with Crippen molar-refractivity contribution in [1.82, 2.24) is 0 Å². The Morgan fingerprint density at radius 1 is 1.35 bits per heavy atom. The van der Waals surface area contributed by atoms with Crippen LogP contribution in [-0.4, -0.2) is 25.3 Å². The summed E-state index contributed by atoms with van der Waals surface area (Å²) in [5.41, 5.74) is 7.83. The van der Waals surface area contributed by atoms with Crippen molar-refractivity contribution >= 4 is 11.4 Å². The Bertz CT molecular complexity index is 442. The fourth-order valence-electron chi connectivity index (χ4n) is 2.23. The van der Waals surface area contributed by atoms with Crippen LogP contribution in [0, 0.1) is 11.3 Å². The van der Waals surface area contributed by atoms with Crippen molar-refractivity contribution in [2.45, 2.75) is 26.1 Å². The highest BCUT2D eigenvalue weighted by Crippen LogP contribution is 2.24. The molecule has 4 heteroatoms. The van der Waals surface area contributed by atoms with Crippen LogP contribution in [0.2, 0.25) is 0 Å². The number of nitrogen functional groups attached to an aromatic ring is 1. The number of ether oxygens (including phenoxy) is 1. The number of benzene rings is 1. The van der Waals surface area contributed by atoms with Crippen molar-refractivity contribution in [3.05, 3.63) is 23.8 Å². The van der Waals surface area contributed by atoms with E-state index in [1.807, 2.05) is 12.1 Å². The van der Waals surface area contributed by atoms with E-state index in [-0.39, 0.29) is 12.2 Å². The monoisotopic (exact) mass is 231 g/mol. The number of nitriles is 1. The molecule has 1 heterocycles. The van der Waals surface area contributed by atoms with Gasteiger partial charge in [0.2, 0.25) is 0 Å². The second kappa shape index (κ2) is 4.64. The normalized spacial score (nSPS) is 24.4. The molecule has 0 spiro atoms. The quantitative estimate of drug-likeness (QED) is 0.748. The number of morpholine rings is 1. The molecular formula is C13H17N3O. The maximum Gasteiger partial charge on any atom is 0.101 e. The van der Waals surface area contributed by atoms with E-state index in [1.165, 1.54) is 0 Å². The topological polar surface area (TPSA) is 62.3 Å². The van der Waals surface area contributed by atoms with Gasteiger partial charge in [0, 0.05) is 24.5 Å². The molecule has 1 aromatic rings. The van der Waals surface area contributed by atoms with Crippen molar-refractivity contribution in [1.29, 1.82) is 5.26 Å². The lowest BCUT2D eigenvalue weighted by Crippen LogP contribution is -2.45. The third kappa shape index (κ3) is 2.51.